The Balaban J connectivity index is 2.30. The van der Waals surface area contributed by atoms with Crippen LogP contribution in [0.15, 0.2) is 53.6 Å². The van der Waals surface area contributed by atoms with Crippen molar-refractivity contribution in [1.29, 1.82) is 0 Å². The molecule has 25 heavy (non-hydrogen) atoms. The van der Waals surface area contributed by atoms with Gasteiger partial charge in [-0.3, -0.25) is 4.68 Å². The number of aromatic nitrogens is 2. The fraction of sp³-hybridized carbons (Fsp3) is 0.316. The Morgan fingerprint density at radius 1 is 1.32 bits per heavy atom. The molecule has 0 saturated heterocycles. The van der Waals surface area contributed by atoms with Gasteiger partial charge in [0, 0.05) is 29.2 Å². The van der Waals surface area contributed by atoms with Crippen molar-refractivity contribution in [1.82, 2.24) is 9.78 Å². The van der Waals surface area contributed by atoms with Gasteiger partial charge in [-0.05, 0) is 50.6 Å². The van der Waals surface area contributed by atoms with Crippen LogP contribution < -0.4 is 10.5 Å². The van der Waals surface area contributed by atoms with E-state index >= 15 is 0 Å². The SMILES string of the molecule is CCC/C=C/C=C(/Nc1ccc(S(N)=O)cc1)c1cnn(CC)c1C. The lowest BCUT2D eigenvalue weighted by Crippen LogP contribution is -2.04. The lowest BCUT2D eigenvalue weighted by atomic mass is 10.1. The maximum absolute atomic E-state index is 11.3. The van der Waals surface area contributed by atoms with Crippen LogP contribution in [0.5, 0.6) is 0 Å². The molecule has 0 fully saturated rings. The topological polar surface area (TPSA) is 72.9 Å². The maximum atomic E-state index is 11.3. The summed E-state index contributed by atoms with van der Waals surface area (Å²) in [5, 5.41) is 13.3. The van der Waals surface area contributed by atoms with Gasteiger partial charge in [0.25, 0.3) is 0 Å². The molecule has 0 bridgehead atoms. The molecule has 1 aromatic carbocycles. The smallest absolute Gasteiger partial charge is 0.122 e. The fourth-order valence-corrected chi connectivity index (χ4v) is 2.89. The van der Waals surface area contributed by atoms with E-state index in [1.165, 1.54) is 0 Å². The number of benzene rings is 1. The molecule has 0 radical (unpaired) electrons. The molecular weight excluding hydrogens is 332 g/mol. The van der Waals surface area contributed by atoms with Gasteiger partial charge in [0.15, 0.2) is 0 Å². The second kappa shape index (κ2) is 9.34. The number of unbranched alkanes of at least 4 members (excludes halogenated alkanes) is 1. The van der Waals surface area contributed by atoms with E-state index in [0.717, 1.165) is 42.0 Å². The van der Waals surface area contributed by atoms with Gasteiger partial charge >= 0.3 is 0 Å². The zero-order valence-electron chi connectivity index (χ0n) is 15.0. The zero-order valence-corrected chi connectivity index (χ0v) is 15.8. The number of rotatable bonds is 8. The second-order valence-corrected chi connectivity index (χ2v) is 6.77. The van der Waals surface area contributed by atoms with Gasteiger partial charge in [-0.25, -0.2) is 9.35 Å². The van der Waals surface area contributed by atoms with Crippen LogP contribution in [0.2, 0.25) is 0 Å². The van der Waals surface area contributed by atoms with Crippen LogP contribution in [0.4, 0.5) is 5.69 Å². The van der Waals surface area contributed by atoms with Crippen molar-refractivity contribution in [2.24, 2.45) is 5.14 Å². The summed E-state index contributed by atoms with van der Waals surface area (Å²) in [5.41, 5.74) is 4.07. The lowest BCUT2D eigenvalue weighted by molar-refractivity contribution is 0.639. The number of hydrogen-bond donors (Lipinski definition) is 2. The van der Waals surface area contributed by atoms with Crippen molar-refractivity contribution in [3.8, 4) is 0 Å². The Hall–Kier alpha value is -2.18. The summed E-state index contributed by atoms with van der Waals surface area (Å²) in [6, 6.07) is 7.29. The molecule has 1 heterocycles. The van der Waals surface area contributed by atoms with E-state index in [0.29, 0.717) is 4.90 Å². The molecule has 0 amide bonds. The van der Waals surface area contributed by atoms with E-state index in [2.05, 4.69) is 49.4 Å². The minimum atomic E-state index is -1.46. The minimum absolute atomic E-state index is 0.605. The van der Waals surface area contributed by atoms with Crippen LogP contribution in [0.1, 0.15) is 37.9 Å². The normalized spacial score (nSPS) is 13.4. The molecule has 3 N–H and O–H groups in total. The molecule has 1 unspecified atom stereocenters. The number of anilines is 1. The molecule has 2 aromatic rings. The van der Waals surface area contributed by atoms with E-state index < -0.39 is 11.0 Å². The number of allylic oxidation sites excluding steroid dienone is 3. The molecule has 0 saturated carbocycles. The van der Waals surface area contributed by atoms with Gasteiger partial charge in [-0.15, -0.1) is 0 Å². The monoisotopic (exact) mass is 358 g/mol. The van der Waals surface area contributed by atoms with Crippen LogP contribution in [-0.2, 0) is 17.5 Å². The molecule has 0 aliphatic carbocycles. The summed E-state index contributed by atoms with van der Waals surface area (Å²) in [4.78, 5) is 0.605. The molecule has 6 heteroatoms. The van der Waals surface area contributed by atoms with Crippen LogP contribution in [0.3, 0.4) is 0 Å². The van der Waals surface area contributed by atoms with E-state index in [1.807, 2.05) is 23.0 Å². The Morgan fingerprint density at radius 3 is 2.60 bits per heavy atom. The first kappa shape index (κ1) is 19.1. The lowest BCUT2D eigenvalue weighted by Gasteiger charge is -2.11. The Bertz CT molecular complexity index is 775. The molecule has 5 nitrogen and oxygen atoms in total. The second-order valence-electron chi connectivity index (χ2n) is 5.70. The molecule has 0 spiro atoms. The zero-order chi connectivity index (χ0) is 18.2. The third-order valence-corrected chi connectivity index (χ3v) is 4.65. The van der Waals surface area contributed by atoms with E-state index in [4.69, 9.17) is 5.14 Å². The third kappa shape index (κ3) is 5.14. The van der Waals surface area contributed by atoms with Gasteiger partial charge < -0.3 is 5.32 Å². The number of nitrogens with zero attached hydrogens (tertiary/aromatic N) is 2. The van der Waals surface area contributed by atoms with Crippen molar-refractivity contribution < 1.29 is 4.21 Å². The average molecular weight is 359 g/mol. The summed E-state index contributed by atoms with van der Waals surface area (Å²) in [7, 11) is -1.46. The van der Waals surface area contributed by atoms with Crippen molar-refractivity contribution >= 4 is 22.4 Å². The van der Waals surface area contributed by atoms with Crippen LogP contribution in [0, 0.1) is 6.92 Å². The quantitative estimate of drug-likeness (QED) is 0.701. The Labute approximate surface area is 152 Å². The molecular formula is C19H26N4OS. The number of nitrogens with two attached hydrogens (primary N) is 1. The highest BCUT2D eigenvalue weighted by atomic mass is 32.2. The van der Waals surface area contributed by atoms with Gasteiger partial charge in [0.05, 0.1) is 11.1 Å². The molecule has 0 aliphatic rings. The maximum Gasteiger partial charge on any atom is 0.122 e. The highest BCUT2D eigenvalue weighted by molar-refractivity contribution is 7.82. The summed E-state index contributed by atoms with van der Waals surface area (Å²) in [6.45, 7) is 7.14. The van der Waals surface area contributed by atoms with Crippen LogP contribution in [-0.4, -0.2) is 14.0 Å². The predicted octanol–water partition coefficient (Wildman–Crippen LogP) is 4.00. The molecule has 134 valence electrons. The first-order valence-corrected chi connectivity index (χ1v) is 9.71. The van der Waals surface area contributed by atoms with Gasteiger partial charge in [-0.2, -0.15) is 5.10 Å². The Morgan fingerprint density at radius 2 is 2.04 bits per heavy atom. The minimum Gasteiger partial charge on any atom is -0.355 e. The Kier molecular flexibility index (Phi) is 7.16. The third-order valence-electron chi connectivity index (χ3n) is 3.91. The summed E-state index contributed by atoms with van der Waals surface area (Å²) < 4.78 is 13.3. The van der Waals surface area contributed by atoms with Crippen molar-refractivity contribution in [3.63, 3.8) is 0 Å². The van der Waals surface area contributed by atoms with Gasteiger partial charge in [0.1, 0.15) is 11.0 Å². The largest absolute Gasteiger partial charge is 0.355 e. The van der Waals surface area contributed by atoms with Crippen molar-refractivity contribution in [3.05, 3.63) is 59.9 Å². The van der Waals surface area contributed by atoms with Gasteiger partial charge in [-0.1, -0.05) is 25.5 Å². The highest BCUT2D eigenvalue weighted by Gasteiger charge is 2.10. The number of aryl methyl sites for hydroxylation is 1. The van der Waals surface area contributed by atoms with Gasteiger partial charge in [0.2, 0.25) is 0 Å². The highest BCUT2D eigenvalue weighted by Crippen LogP contribution is 2.22. The van der Waals surface area contributed by atoms with Crippen LogP contribution in [0.25, 0.3) is 5.70 Å². The van der Waals surface area contributed by atoms with E-state index in [-0.39, 0.29) is 0 Å². The summed E-state index contributed by atoms with van der Waals surface area (Å²) in [6.07, 6.45) is 10.3. The standard InChI is InChI=1S/C19H26N4OS/c1-4-6-7-8-9-19(18-14-21-23(5-2)15(18)3)22-16-10-12-17(13-11-16)25(20)24/h7-14,22H,4-6,20H2,1-3H3/b8-7+,19-9+. The van der Waals surface area contributed by atoms with E-state index in [1.54, 1.807) is 12.1 Å². The first-order valence-electron chi connectivity index (χ1n) is 8.49. The predicted molar refractivity (Wildman–Crippen MR) is 105 cm³/mol. The number of nitrogens with one attached hydrogen (secondary N) is 1. The molecule has 0 aliphatic heterocycles. The summed E-state index contributed by atoms with van der Waals surface area (Å²) in [5.74, 6) is 0. The average Bonchev–Trinajstić information content (AvgIpc) is 2.98. The summed E-state index contributed by atoms with van der Waals surface area (Å²) >= 11 is 0. The molecule has 1 aromatic heterocycles. The van der Waals surface area contributed by atoms with Crippen molar-refractivity contribution in [2.45, 2.75) is 45.1 Å². The fourth-order valence-electron chi connectivity index (χ4n) is 2.48. The van der Waals surface area contributed by atoms with Crippen molar-refractivity contribution in [2.75, 3.05) is 5.32 Å². The van der Waals surface area contributed by atoms with E-state index in [9.17, 15) is 4.21 Å². The number of hydrogen-bond acceptors (Lipinski definition) is 3. The first-order chi connectivity index (χ1) is 12.1. The molecule has 2 rings (SSSR count). The van der Waals surface area contributed by atoms with Crippen LogP contribution >= 0.6 is 0 Å². The molecule has 1 atom stereocenters.